The lowest BCUT2D eigenvalue weighted by molar-refractivity contribution is 0.0691. The van der Waals surface area contributed by atoms with Gasteiger partial charge in [0.1, 0.15) is 5.65 Å². The van der Waals surface area contributed by atoms with Crippen LogP contribution >= 0.6 is 0 Å². The van der Waals surface area contributed by atoms with Crippen molar-refractivity contribution in [3.05, 3.63) is 29.7 Å². The molecule has 16 heavy (non-hydrogen) atoms. The number of hydrogen-bond acceptors (Lipinski definition) is 3. The largest absolute Gasteiger partial charge is 0.476 e. The molecule has 84 valence electrons. The highest BCUT2D eigenvalue weighted by Crippen LogP contribution is 2.18. The van der Waals surface area contributed by atoms with Crippen LogP contribution in [0.1, 0.15) is 16.1 Å². The van der Waals surface area contributed by atoms with Crippen molar-refractivity contribution in [2.24, 2.45) is 0 Å². The fourth-order valence-electron chi connectivity index (χ4n) is 1.60. The van der Waals surface area contributed by atoms with Gasteiger partial charge in [-0.3, -0.25) is 0 Å². The SMILES string of the molecule is Cc1cc(N(C)C)cn2cc(C(=O)O)nc12. The number of carboxylic acids is 1. The van der Waals surface area contributed by atoms with Crippen molar-refractivity contribution in [3.8, 4) is 0 Å². The number of pyridine rings is 1. The summed E-state index contributed by atoms with van der Waals surface area (Å²) in [6, 6.07) is 1.98. The number of aromatic carboxylic acids is 1. The maximum Gasteiger partial charge on any atom is 0.356 e. The van der Waals surface area contributed by atoms with Crippen molar-refractivity contribution in [1.29, 1.82) is 0 Å². The van der Waals surface area contributed by atoms with E-state index in [-0.39, 0.29) is 5.69 Å². The van der Waals surface area contributed by atoms with Crippen LogP contribution in [0.15, 0.2) is 18.5 Å². The normalized spacial score (nSPS) is 10.7. The first-order chi connectivity index (χ1) is 7.49. The molecule has 0 unspecified atom stereocenters. The molecule has 2 aromatic heterocycles. The van der Waals surface area contributed by atoms with Gasteiger partial charge in [0.25, 0.3) is 0 Å². The fraction of sp³-hybridized carbons (Fsp3) is 0.273. The van der Waals surface area contributed by atoms with Crippen molar-refractivity contribution in [1.82, 2.24) is 9.38 Å². The Hall–Kier alpha value is -2.04. The highest BCUT2D eigenvalue weighted by molar-refractivity contribution is 5.86. The maximum atomic E-state index is 10.8. The van der Waals surface area contributed by atoms with Gasteiger partial charge in [0.2, 0.25) is 0 Å². The number of carboxylic acid groups (broad SMARTS) is 1. The second-order valence-corrected chi connectivity index (χ2v) is 3.94. The first kappa shape index (κ1) is 10.5. The highest BCUT2D eigenvalue weighted by atomic mass is 16.4. The molecule has 0 aromatic carbocycles. The van der Waals surface area contributed by atoms with Gasteiger partial charge in [-0.05, 0) is 18.6 Å². The molecule has 0 spiro atoms. The van der Waals surface area contributed by atoms with Crippen LogP contribution in [0.3, 0.4) is 0 Å². The Labute approximate surface area is 92.9 Å². The number of aromatic nitrogens is 2. The molecule has 0 fully saturated rings. The predicted octanol–water partition coefficient (Wildman–Crippen LogP) is 1.41. The molecule has 1 N–H and O–H groups in total. The maximum absolute atomic E-state index is 10.8. The number of imidazole rings is 1. The van der Waals surface area contributed by atoms with Crippen LogP contribution in [-0.2, 0) is 0 Å². The van der Waals surface area contributed by atoms with Crippen LogP contribution in [0, 0.1) is 6.92 Å². The van der Waals surface area contributed by atoms with Crippen LogP contribution < -0.4 is 4.90 Å². The minimum atomic E-state index is -1.01. The average molecular weight is 219 g/mol. The van der Waals surface area contributed by atoms with Gasteiger partial charge in [-0.1, -0.05) is 0 Å². The number of hydrogen-bond donors (Lipinski definition) is 1. The summed E-state index contributed by atoms with van der Waals surface area (Å²) >= 11 is 0. The molecule has 2 rings (SSSR count). The third-order valence-corrected chi connectivity index (χ3v) is 2.46. The van der Waals surface area contributed by atoms with Crippen molar-refractivity contribution in [3.63, 3.8) is 0 Å². The van der Waals surface area contributed by atoms with Gasteiger partial charge in [0.15, 0.2) is 5.69 Å². The van der Waals surface area contributed by atoms with E-state index in [1.165, 1.54) is 6.20 Å². The summed E-state index contributed by atoms with van der Waals surface area (Å²) in [4.78, 5) is 16.8. The molecule has 0 aliphatic heterocycles. The van der Waals surface area contributed by atoms with E-state index in [1.54, 1.807) is 4.40 Å². The van der Waals surface area contributed by atoms with Crippen molar-refractivity contribution < 1.29 is 9.90 Å². The number of aryl methyl sites for hydroxylation is 1. The zero-order valence-electron chi connectivity index (χ0n) is 9.43. The van der Waals surface area contributed by atoms with Crippen LogP contribution in [0.2, 0.25) is 0 Å². The third kappa shape index (κ3) is 1.60. The van der Waals surface area contributed by atoms with Crippen LogP contribution in [0.25, 0.3) is 5.65 Å². The minimum Gasteiger partial charge on any atom is -0.476 e. The van der Waals surface area contributed by atoms with Crippen LogP contribution in [0.5, 0.6) is 0 Å². The Morgan fingerprint density at radius 1 is 1.44 bits per heavy atom. The number of anilines is 1. The average Bonchev–Trinajstić information content (AvgIpc) is 2.61. The molecule has 0 saturated carbocycles. The lowest BCUT2D eigenvalue weighted by Gasteiger charge is -2.13. The Balaban J connectivity index is 2.68. The molecule has 0 aliphatic carbocycles. The molecule has 5 nitrogen and oxygen atoms in total. The van der Waals surface area contributed by atoms with Crippen molar-refractivity contribution in [2.75, 3.05) is 19.0 Å². The van der Waals surface area contributed by atoms with E-state index in [0.29, 0.717) is 5.65 Å². The first-order valence-corrected chi connectivity index (χ1v) is 4.89. The summed E-state index contributed by atoms with van der Waals surface area (Å²) in [5.41, 5.74) is 2.72. The fourth-order valence-corrected chi connectivity index (χ4v) is 1.60. The topological polar surface area (TPSA) is 57.8 Å². The smallest absolute Gasteiger partial charge is 0.356 e. The Morgan fingerprint density at radius 3 is 2.69 bits per heavy atom. The summed E-state index contributed by atoms with van der Waals surface area (Å²) in [6.07, 6.45) is 3.39. The second kappa shape index (κ2) is 3.52. The van der Waals surface area contributed by atoms with E-state index in [2.05, 4.69) is 4.98 Å². The number of carbonyl (C=O) groups is 1. The Kier molecular flexibility index (Phi) is 2.30. The summed E-state index contributed by atoms with van der Waals surface area (Å²) in [5, 5.41) is 8.87. The molecular formula is C11H13N3O2. The molecule has 0 amide bonds. The quantitative estimate of drug-likeness (QED) is 0.829. The van der Waals surface area contributed by atoms with Crippen LogP contribution in [-0.4, -0.2) is 34.6 Å². The van der Waals surface area contributed by atoms with Gasteiger partial charge >= 0.3 is 5.97 Å². The number of fused-ring (bicyclic) bond motifs is 1. The first-order valence-electron chi connectivity index (χ1n) is 4.89. The van der Waals surface area contributed by atoms with E-state index in [0.717, 1.165) is 11.3 Å². The van der Waals surface area contributed by atoms with Gasteiger partial charge in [-0.15, -0.1) is 0 Å². The molecule has 0 bridgehead atoms. The van der Waals surface area contributed by atoms with Crippen molar-refractivity contribution >= 4 is 17.3 Å². The predicted molar refractivity (Wildman–Crippen MR) is 61.2 cm³/mol. The lowest BCUT2D eigenvalue weighted by atomic mass is 10.2. The second-order valence-electron chi connectivity index (χ2n) is 3.94. The minimum absolute atomic E-state index is 0.0685. The number of rotatable bonds is 2. The van der Waals surface area contributed by atoms with E-state index in [9.17, 15) is 4.79 Å². The summed E-state index contributed by atoms with van der Waals surface area (Å²) in [6.45, 7) is 1.92. The number of nitrogens with zero attached hydrogens (tertiary/aromatic N) is 3. The van der Waals surface area contributed by atoms with Gasteiger partial charge in [-0.25, -0.2) is 9.78 Å². The van der Waals surface area contributed by atoms with Gasteiger partial charge in [-0.2, -0.15) is 0 Å². The summed E-state index contributed by atoms with van der Waals surface area (Å²) in [5.74, 6) is -1.01. The lowest BCUT2D eigenvalue weighted by Crippen LogP contribution is -2.09. The van der Waals surface area contributed by atoms with Gasteiger partial charge in [0, 0.05) is 26.5 Å². The van der Waals surface area contributed by atoms with E-state index in [4.69, 9.17) is 5.11 Å². The summed E-state index contributed by atoms with van der Waals surface area (Å²) in [7, 11) is 3.88. The highest BCUT2D eigenvalue weighted by Gasteiger charge is 2.11. The van der Waals surface area contributed by atoms with E-state index < -0.39 is 5.97 Å². The Morgan fingerprint density at radius 2 is 2.12 bits per heavy atom. The molecule has 2 aromatic rings. The molecule has 0 atom stereocenters. The molecular weight excluding hydrogens is 206 g/mol. The van der Waals surface area contributed by atoms with Crippen molar-refractivity contribution in [2.45, 2.75) is 6.92 Å². The molecule has 5 heteroatoms. The van der Waals surface area contributed by atoms with E-state index in [1.807, 2.05) is 38.2 Å². The standard InChI is InChI=1S/C11H13N3O2/c1-7-4-8(13(2)3)5-14-6-9(11(15)16)12-10(7)14/h4-6H,1-3H3,(H,15,16). The Bertz CT molecular complexity index is 558. The zero-order valence-corrected chi connectivity index (χ0v) is 9.43. The van der Waals surface area contributed by atoms with Gasteiger partial charge < -0.3 is 14.4 Å². The molecule has 0 radical (unpaired) electrons. The third-order valence-electron chi connectivity index (χ3n) is 2.46. The molecule has 0 aliphatic rings. The zero-order chi connectivity index (χ0) is 11.9. The molecule has 0 saturated heterocycles. The monoisotopic (exact) mass is 219 g/mol. The van der Waals surface area contributed by atoms with Crippen LogP contribution in [0.4, 0.5) is 5.69 Å². The van der Waals surface area contributed by atoms with E-state index >= 15 is 0 Å². The van der Waals surface area contributed by atoms with Gasteiger partial charge in [0.05, 0.1) is 5.69 Å². The molecule has 2 heterocycles. The summed E-state index contributed by atoms with van der Waals surface area (Å²) < 4.78 is 1.74.